The van der Waals surface area contributed by atoms with E-state index in [1.54, 1.807) is 7.05 Å². The molecule has 4 nitrogen and oxygen atoms in total. The average Bonchev–Trinajstić information content (AvgIpc) is 3.05. The van der Waals surface area contributed by atoms with Crippen molar-refractivity contribution in [2.45, 2.75) is 12.8 Å². The molecule has 0 saturated heterocycles. The summed E-state index contributed by atoms with van der Waals surface area (Å²) in [7, 11) is 1.63. The predicted molar refractivity (Wildman–Crippen MR) is 89.8 cm³/mol. The number of amides is 1. The van der Waals surface area contributed by atoms with Crippen molar-refractivity contribution in [1.29, 1.82) is 0 Å². The van der Waals surface area contributed by atoms with Crippen LogP contribution in [0, 0.1) is 0 Å². The van der Waals surface area contributed by atoms with Gasteiger partial charge in [0.2, 0.25) is 5.91 Å². The number of carbonyl (C=O) groups is 1. The van der Waals surface area contributed by atoms with Gasteiger partial charge in [-0.2, -0.15) is 0 Å². The molecule has 0 fully saturated rings. The van der Waals surface area contributed by atoms with E-state index in [1.165, 1.54) is 0 Å². The van der Waals surface area contributed by atoms with Gasteiger partial charge in [-0.25, -0.2) is 4.98 Å². The number of benzene rings is 2. The number of hydrogen-bond donors (Lipinski definition) is 1. The normalized spacial score (nSPS) is 10.5. The fourth-order valence-corrected chi connectivity index (χ4v) is 2.39. The Morgan fingerprint density at radius 3 is 2.22 bits per heavy atom. The van der Waals surface area contributed by atoms with Crippen LogP contribution in [0.3, 0.4) is 0 Å². The Hall–Kier alpha value is -2.88. The first-order valence-electron chi connectivity index (χ1n) is 7.59. The van der Waals surface area contributed by atoms with Gasteiger partial charge in [0.1, 0.15) is 5.69 Å². The molecule has 0 aliphatic carbocycles. The van der Waals surface area contributed by atoms with E-state index in [-0.39, 0.29) is 5.91 Å². The van der Waals surface area contributed by atoms with Gasteiger partial charge in [-0.3, -0.25) is 4.79 Å². The quantitative estimate of drug-likeness (QED) is 0.782. The van der Waals surface area contributed by atoms with E-state index in [1.807, 2.05) is 60.7 Å². The number of nitrogens with zero attached hydrogens (tertiary/aromatic N) is 1. The summed E-state index contributed by atoms with van der Waals surface area (Å²) in [4.78, 5) is 16.1. The number of nitrogens with one attached hydrogen (secondary N) is 1. The van der Waals surface area contributed by atoms with Gasteiger partial charge in [0.05, 0.1) is 0 Å². The van der Waals surface area contributed by atoms with E-state index < -0.39 is 0 Å². The Morgan fingerprint density at radius 2 is 1.61 bits per heavy atom. The standard InChI is InChI=1S/C19H18N2O2/c1-20-16(22)12-13-17-21-18(14-8-4-2-5-9-14)19(23-17)15-10-6-3-7-11-15/h2-11H,12-13H2,1H3,(H,20,22). The number of aryl methyl sites for hydroxylation is 1. The molecule has 0 unspecified atom stereocenters. The van der Waals surface area contributed by atoms with Crippen LogP contribution in [0.15, 0.2) is 65.1 Å². The van der Waals surface area contributed by atoms with Crippen LogP contribution in [0.4, 0.5) is 0 Å². The summed E-state index contributed by atoms with van der Waals surface area (Å²) in [6, 6.07) is 19.8. The summed E-state index contributed by atoms with van der Waals surface area (Å²) in [6.45, 7) is 0. The highest BCUT2D eigenvalue weighted by Crippen LogP contribution is 2.32. The number of oxazole rings is 1. The fourth-order valence-electron chi connectivity index (χ4n) is 2.39. The molecule has 1 heterocycles. The van der Waals surface area contributed by atoms with Gasteiger partial charge in [-0.05, 0) is 0 Å². The summed E-state index contributed by atoms with van der Waals surface area (Å²) in [5.74, 6) is 1.29. The van der Waals surface area contributed by atoms with E-state index in [0.717, 1.165) is 22.6 Å². The molecule has 3 aromatic rings. The van der Waals surface area contributed by atoms with Gasteiger partial charge in [0.25, 0.3) is 0 Å². The first-order chi connectivity index (χ1) is 11.3. The van der Waals surface area contributed by atoms with Crippen LogP contribution in [0.25, 0.3) is 22.6 Å². The maximum atomic E-state index is 11.4. The first-order valence-corrected chi connectivity index (χ1v) is 7.59. The number of hydrogen-bond acceptors (Lipinski definition) is 3. The van der Waals surface area contributed by atoms with E-state index in [0.29, 0.717) is 18.7 Å². The minimum atomic E-state index is -0.0225. The Bertz CT molecular complexity index is 723. The average molecular weight is 306 g/mol. The van der Waals surface area contributed by atoms with E-state index in [2.05, 4.69) is 10.3 Å². The maximum Gasteiger partial charge on any atom is 0.220 e. The SMILES string of the molecule is CNC(=O)CCc1nc(-c2ccccc2)c(-c2ccccc2)o1. The zero-order valence-corrected chi connectivity index (χ0v) is 13.0. The Kier molecular flexibility index (Phi) is 4.52. The van der Waals surface area contributed by atoms with Crippen LogP contribution in [-0.4, -0.2) is 17.9 Å². The first kappa shape index (κ1) is 15.0. The third-order valence-corrected chi connectivity index (χ3v) is 3.60. The molecule has 0 aliphatic rings. The van der Waals surface area contributed by atoms with Crippen molar-refractivity contribution < 1.29 is 9.21 Å². The molecule has 2 aromatic carbocycles. The van der Waals surface area contributed by atoms with Crippen molar-refractivity contribution in [2.75, 3.05) is 7.05 Å². The lowest BCUT2D eigenvalue weighted by Gasteiger charge is -2.00. The van der Waals surface area contributed by atoms with Crippen LogP contribution in [0.2, 0.25) is 0 Å². The Balaban J connectivity index is 1.99. The second kappa shape index (κ2) is 6.92. The molecule has 1 amide bonds. The van der Waals surface area contributed by atoms with Crippen molar-refractivity contribution in [3.63, 3.8) is 0 Å². The monoisotopic (exact) mass is 306 g/mol. The lowest BCUT2D eigenvalue weighted by atomic mass is 10.1. The van der Waals surface area contributed by atoms with Gasteiger partial charge >= 0.3 is 0 Å². The lowest BCUT2D eigenvalue weighted by molar-refractivity contribution is -0.120. The van der Waals surface area contributed by atoms with E-state index in [4.69, 9.17) is 4.42 Å². The van der Waals surface area contributed by atoms with Crippen molar-refractivity contribution in [1.82, 2.24) is 10.3 Å². The summed E-state index contributed by atoms with van der Waals surface area (Å²) in [5.41, 5.74) is 2.79. The number of rotatable bonds is 5. The second-order valence-corrected chi connectivity index (χ2v) is 5.19. The third kappa shape index (κ3) is 3.48. The van der Waals surface area contributed by atoms with Crippen molar-refractivity contribution in [2.24, 2.45) is 0 Å². The minimum absolute atomic E-state index is 0.0225. The molecule has 0 radical (unpaired) electrons. The summed E-state index contributed by atoms with van der Waals surface area (Å²) < 4.78 is 5.96. The summed E-state index contributed by atoms with van der Waals surface area (Å²) >= 11 is 0. The molecule has 4 heteroatoms. The van der Waals surface area contributed by atoms with Crippen molar-refractivity contribution in [3.8, 4) is 22.6 Å². The van der Waals surface area contributed by atoms with Crippen LogP contribution in [-0.2, 0) is 11.2 Å². The highest BCUT2D eigenvalue weighted by Gasteiger charge is 2.17. The van der Waals surface area contributed by atoms with Crippen molar-refractivity contribution >= 4 is 5.91 Å². The van der Waals surface area contributed by atoms with Crippen LogP contribution >= 0.6 is 0 Å². The van der Waals surface area contributed by atoms with Crippen LogP contribution in [0.5, 0.6) is 0 Å². The predicted octanol–water partition coefficient (Wildman–Crippen LogP) is 3.69. The molecular formula is C19H18N2O2. The van der Waals surface area contributed by atoms with Gasteiger partial charge in [0, 0.05) is 31.0 Å². The third-order valence-electron chi connectivity index (χ3n) is 3.60. The van der Waals surface area contributed by atoms with Crippen LogP contribution in [0.1, 0.15) is 12.3 Å². The highest BCUT2D eigenvalue weighted by atomic mass is 16.4. The largest absolute Gasteiger partial charge is 0.440 e. The fraction of sp³-hybridized carbons (Fsp3) is 0.158. The Morgan fingerprint density at radius 1 is 1.00 bits per heavy atom. The summed E-state index contributed by atoms with van der Waals surface area (Å²) in [5, 5.41) is 2.61. The molecule has 0 bridgehead atoms. The van der Waals surface area contributed by atoms with E-state index >= 15 is 0 Å². The molecule has 0 saturated carbocycles. The van der Waals surface area contributed by atoms with Crippen molar-refractivity contribution in [3.05, 3.63) is 66.6 Å². The van der Waals surface area contributed by atoms with Gasteiger partial charge < -0.3 is 9.73 Å². The topological polar surface area (TPSA) is 55.1 Å². The molecular weight excluding hydrogens is 288 g/mol. The van der Waals surface area contributed by atoms with Crippen LogP contribution < -0.4 is 5.32 Å². The van der Waals surface area contributed by atoms with Gasteiger partial charge in [0.15, 0.2) is 11.7 Å². The molecule has 1 aromatic heterocycles. The smallest absolute Gasteiger partial charge is 0.220 e. The highest BCUT2D eigenvalue weighted by molar-refractivity contribution is 5.77. The zero-order chi connectivity index (χ0) is 16.1. The van der Waals surface area contributed by atoms with E-state index in [9.17, 15) is 4.79 Å². The number of carbonyl (C=O) groups excluding carboxylic acids is 1. The lowest BCUT2D eigenvalue weighted by Crippen LogP contribution is -2.17. The molecule has 3 rings (SSSR count). The zero-order valence-electron chi connectivity index (χ0n) is 13.0. The molecule has 0 atom stereocenters. The maximum absolute atomic E-state index is 11.4. The second-order valence-electron chi connectivity index (χ2n) is 5.19. The number of aromatic nitrogens is 1. The molecule has 0 spiro atoms. The molecule has 0 aliphatic heterocycles. The van der Waals surface area contributed by atoms with Gasteiger partial charge in [-0.15, -0.1) is 0 Å². The Labute approximate surface area is 135 Å². The molecule has 23 heavy (non-hydrogen) atoms. The molecule has 116 valence electrons. The molecule has 1 N–H and O–H groups in total. The van der Waals surface area contributed by atoms with Gasteiger partial charge in [-0.1, -0.05) is 60.7 Å². The summed E-state index contributed by atoms with van der Waals surface area (Å²) in [6.07, 6.45) is 0.839. The minimum Gasteiger partial charge on any atom is -0.440 e.